The molecule has 0 saturated heterocycles. The number of hydrogen-bond acceptors (Lipinski definition) is 6. The van der Waals surface area contributed by atoms with Gasteiger partial charge in [-0.15, -0.1) is 0 Å². The fourth-order valence-electron chi connectivity index (χ4n) is 5.46. The van der Waals surface area contributed by atoms with Crippen molar-refractivity contribution in [1.29, 1.82) is 5.26 Å². The third kappa shape index (κ3) is 2.96. The average Bonchev–Trinajstić information content (AvgIpc) is 3.38. The number of ether oxygens (including phenoxy) is 1. The van der Waals surface area contributed by atoms with Crippen molar-refractivity contribution in [2.75, 3.05) is 16.4 Å². The van der Waals surface area contributed by atoms with Gasteiger partial charge in [-0.1, -0.05) is 42.5 Å². The molecule has 6 rings (SSSR count). The van der Waals surface area contributed by atoms with Crippen LogP contribution in [0.1, 0.15) is 11.1 Å². The molecule has 0 radical (unpaired) electrons. The number of benzene rings is 3. The van der Waals surface area contributed by atoms with Crippen molar-refractivity contribution in [3.05, 3.63) is 118 Å². The van der Waals surface area contributed by atoms with E-state index >= 15 is 0 Å². The molecular weight excluding hydrogens is 478 g/mol. The Balaban J connectivity index is 1.62. The van der Waals surface area contributed by atoms with Crippen LogP contribution in [0, 0.1) is 23.0 Å². The van der Waals surface area contributed by atoms with Crippen LogP contribution < -0.4 is 15.5 Å². The number of para-hydroxylation sites is 1. The minimum Gasteiger partial charge on any atom is -0.456 e. The molecule has 3 aromatic carbocycles. The van der Waals surface area contributed by atoms with Gasteiger partial charge < -0.3 is 15.4 Å². The molecule has 0 unspecified atom stereocenters. The van der Waals surface area contributed by atoms with Gasteiger partial charge in [0.05, 0.1) is 29.1 Å². The summed E-state index contributed by atoms with van der Waals surface area (Å²) >= 11 is 0. The molecule has 0 aliphatic carbocycles. The van der Waals surface area contributed by atoms with Crippen LogP contribution in [0.2, 0.25) is 0 Å². The average molecular weight is 496 g/mol. The van der Waals surface area contributed by atoms with Gasteiger partial charge in [0.2, 0.25) is 5.91 Å². The van der Waals surface area contributed by atoms with E-state index < -0.39 is 28.9 Å². The maximum absolute atomic E-state index is 14.6. The first-order valence-corrected chi connectivity index (χ1v) is 11.4. The molecule has 0 saturated carbocycles. The van der Waals surface area contributed by atoms with Crippen LogP contribution in [-0.4, -0.2) is 18.5 Å². The zero-order valence-corrected chi connectivity index (χ0v) is 19.2. The Morgan fingerprint density at radius 1 is 1.03 bits per heavy atom. The Hall–Kier alpha value is -4.97. The predicted octanol–water partition coefficient (Wildman–Crippen LogP) is 3.77. The third-order valence-electron chi connectivity index (χ3n) is 6.98. The van der Waals surface area contributed by atoms with E-state index in [0.717, 1.165) is 0 Å². The first-order chi connectivity index (χ1) is 17.9. The lowest BCUT2D eigenvalue weighted by Gasteiger charge is -2.38. The molecule has 3 aromatic rings. The number of cyclic esters (lactones) is 1. The van der Waals surface area contributed by atoms with Gasteiger partial charge in [0.25, 0.3) is 0 Å². The summed E-state index contributed by atoms with van der Waals surface area (Å²) in [5.41, 5.74) is 5.95. The number of amides is 1. The highest BCUT2D eigenvalue weighted by molar-refractivity contribution is 6.19. The molecule has 9 heteroatoms. The molecule has 2 N–H and O–H groups in total. The number of rotatable bonds is 3. The highest BCUT2D eigenvalue weighted by atomic mass is 19.1. The maximum atomic E-state index is 14.6. The highest BCUT2D eigenvalue weighted by Gasteiger charge is 2.64. The molecule has 3 heterocycles. The molecule has 182 valence electrons. The van der Waals surface area contributed by atoms with Crippen LogP contribution in [0.4, 0.5) is 20.2 Å². The van der Waals surface area contributed by atoms with Crippen molar-refractivity contribution >= 4 is 23.3 Å². The van der Waals surface area contributed by atoms with Gasteiger partial charge in [-0.2, -0.15) is 5.26 Å². The van der Waals surface area contributed by atoms with Crippen LogP contribution in [-0.2, 0) is 26.3 Å². The van der Waals surface area contributed by atoms with E-state index in [0.29, 0.717) is 11.3 Å². The zero-order chi connectivity index (χ0) is 25.9. The summed E-state index contributed by atoms with van der Waals surface area (Å²) in [4.78, 5) is 30.4. The van der Waals surface area contributed by atoms with Crippen LogP contribution >= 0.6 is 0 Å². The minimum atomic E-state index is -1.90. The summed E-state index contributed by atoms with van der Waals surface area (Å²) in [6.07, 6.45) is 0. The van der Waals surface area contributed by atoms with E-state index in [1.165, 1.54) is 34.1 Å². The van der Waals surface area contributed by atoms with Crippen molar-refractivity contribution in [3.8, 4) is 6.07 Å². The summed E-state index contributed by atoms with van der Waals surface area (Å²) in [7, 11) is 0. The molecule has 0 bridgehead atoms. The number of nitrogens with two attached hydrogens (primary N) is 1. The fraction of sp³-hybridized carbons (Fsp3) is 0.107. The number of carbonyl (C=O) groups is 2. The molecule has 1 spiro atoms. The number of hydrogen-bond donors (Lipinski definition) is 1. The number of anilines is 2. The number of fused-ring (bicyclic) bond motifs is 3. The fourth-order valence-corrected chi connectivity index (χ4v) is 5.46. The summed E-state index contributed by atoms with van der Waals surface area (Å²) < 4.78 is 34.1. The van der Waals surface area contributed by atoms with Crippen LogP contribution in [0.3, 0.4) is 0 Å². The van der Waals surface area contributed by atoms with Gasteiger partial charge in [-0.25, -0.2) is 13.6 Å². The molecular formula is C28H18F2N4O3. The smallest absolute Gasteiger partial charge is 0.338 e. The third-order valence-corrected chi connectivity index (χ3v) is 6.98. The van der Waals surface area contributed by atoms with Gasteiger partial charge >= 0.3 is 5.97 Å². The molecule has 37 heavy (non-hydrogen) atoms. The SMILES string of the molecule is N#CC1=C(N)N(c2cccc(F)c2)C2=C(C(=O)OC2)[C@]12C(=O)N(Cc1ccccc1F)c1ccccc12. The maximum Gasteiger partial charge on any atom is 0.338 e. The summed E-state index contributed by atoms with van der Waals surface area (Å²) in [5.74, 6) is -2.57. The van der Waals surface area contributed by atoms with Crippen LogP contribution in [0.5, 0.6) is 0 Å². The molecule has 1 atom stereocenters. The Morgan fingerprint density at radius 2 is 1.78 bits per heavy atom. The Bertz CT molecular complexity index is 1620. The van der Waals surface area contributed by atoms with E-state index in [-0.39, 0.29) is 47.1 Å². The summed E-state index contributed by atoms with van der Waals surface area (Å²) in [6.45, 7) is -0.358. The van der Waals surface area contributed by atoms with Crippen molar-refractivity contribution in [2.24, 2.45) is 5.73 Å². The lowest BCUT2D eigenvalue weighted by Crippen LogP contribution is -2.50. The topological polar surface area (TPSA) is 99.7 Å². The summed E-state index contributed by atoms with van der Waals surface area (Å²) in [5, 5.41) is 10.4. The Kier molecular flexibility index (Phi) is 4.88. The van der Waals surface area contributed by atoms with Gasteiger partial charge in [0, 0.05) is 16.8 Å². The molecule has 1 amide bonds. The second-order valence-corrected chi connectivity index (χ2v) is 8.84. The van der Waals surface area contributed by atoms with Gasteiger partial charge in [-0.3, -0.25) is 9.69 Å². The van der Waals surface area contributed by atoms with E-state index in [1.807, 2.05) is 0 Å². The first kappa shape index (κ1) is 22.5. The molecule has 3 aliphatic heterocycles. The lowest BCUT2D eigenvalue weighted by atomic mass is 9.67. The number of esters is 1. The van der Waals surface area contributed by atoms with Crippen molar-refractivity contribution in [3.63, 3.8) is 0 Å². The predicted molar refractivity (Wildman–Crippen MR) is 129 cm³/mol. The highest BCUT2D eigenvalue weighted by Crippen LogP contribution is 2.56. The van der Waals surface area contributed by atoms with Gasteiger partial charge in [0.1, 0.15) is 35.5 Å². The second kappa shape index (κ2) is 8.03. The summed E-state index contributed by atoms with van der Waals surface area (Å²) in [6, 6.07) is 20.3. The number of nitrogens with zero attached hydrogens (tertiary/aromatic N) is 3. The van der Waals surface area contributed by atoms with E-state index in [9.17, 15) is 23.6 Å². The molecule has 0 fully saturated rings. The van der Waals surface area contributed by atoms with Crippen LogP contribution in [0.15, 0.2) is 95.5 Å². The Morgan fingerprint density at radius 3 is 2.54 bits per heavy atom. The zero-order valence-electron chi connectivity index (χ0n) is 19.2. The number of carbonyl (C=O) groups excluding carboxylic acids is 2. The van der Waals surface area contributed by atoms with Gasteiger partial charge in [-0.05, 0) is 30.3 Å². The standard InChI is InChI=1S/C28H18F2N4O3/c29-17-7-5-8-18(12-17)34-23-15-37-26(35)24(23)28(20(13-31)25(34)32)19-9-2-4-11-22(19)33(27(28)36)14-16-6-1-3-10-21(16)30/h1-12H,14-15,32H2/t28-/m1/s1. The number of halogens is 2. The molecule has 3 aliphatic rings. The van der Waals surface area contributed by atoms with Crippen molar-refractivity contribution in [2.45, 2.75) is 12.0 Å². The molecule has 7 nitrogen and oxygen atoms in total. The Labute approximate surface area is 210 Å². The van der Waals surface area contributed by atoms with Crippen LogP contribution in [0.25, 0.3) is 0 Å². The van der Waals surface area contributed by atoms with E-state index in [2.05, 4.69) is 6.07 Å². The second-order valence-electron chi connectivity index (χ2n) is 8.84. The lowest BCUT2D eigenvalue weighted by molar-refractivity contribution is -0.137. The van der Waals surface area contributed by atoms with Crippen molar-refractivity contribution < 1.29 is 23.1 Å². The first-order valence-electron chi connectivity index (χ1n) is 11.4. The quantitative estimate of drug-likeness (QED) is 0.554. The van der Waals surface area contributed by atoms with Gasteiger partial charge in [0.15, 0.2) is 0 Å². The monoisotopic (exact) mass is 496 g/mol. The van der Waals surface area contributed by atoms with Crippen molar-refractivity contribution in [1.82, 2.24) is 0 Å². The minimum absolute atomic E-state index is 0.0593. The van der Waals surface area contributed by atoms with E-state index in [1.54, 1.807) is 48.5 Å². The largest absolute Gasteiger partial charge is 0.456 e. The van der Waals surface area contributed by atoms with E-state index in [4.69, 9.17) is 10.5 Å². The number of nitriles is 1. The normalized spacial score (nSPS) is 20.4. The molecule has 0 aromatic heterocycles.